The van der Waals surface area contributed by atoms with Gasteiger partial charge in [-0.2, -0.15) is 0 Å². The SMILES string of the molecule is O=c1oc(-c2ccccn2)nc2cc(Cl)cc(Cl)c12. The molecule has 2 aromatic heterocycles. The quantitative estimate of drug-likeness (QED) is 0.688. The van der Waals surface area contributed by atoms with Gasteiger partial charge < -0.3 is 4.42 Å². The van der Waals surface area contributed by atoms with E-state index in [0.29, 0.717) is 16.2 Å². The summed E-state index contributed by atoms with van der Waals surface area (Å²) in [6, 6.07) is 8.27. The third kappa shape index (κ3) is 2.20. The molecule has 0 saturated carbocycles. The fourth-order valence-corrected chi connectivity index (χ4v) is 2.28. The van der Waals surface area contributed by atoms with Gasteiger partial charge in [0, 0.05) is 11.2 Å². The molecular formula is C13H6Cl2N2O2. The summed E-state index contributed by atoms with van der Waals surface area (Å²) < 4.78 is 5.14. The molecule has 0 aliphatic rings. The lowest BCUT2D eigenvalue weighted by atomic mass is 10.2. The molecule has 1 aromatic carbocycles. The van der Waals surface area contributed by atoms with Crippen molar-refractivity contribution in [3.05, 3.63) is 57.0 Å². The molecule has 94 valence electrons. The van der Waals surface area contributed by atoms with Gasteiger partial charge in [-0.1, -0.05) is 29.3 Å². The van der Waals surface area contributed by atoms with Gasteiger partial charge in [-0.3, -0.25) is 4.98 Å². The zero-order chi connectivity index (χ0) is 13.4. The number of rotatable bonds is 1. The van der Waals surface area contributed by atoms with Gasteiger partial charge in [0.25, 0.3) is 0 Å². The molecule has 0 aliphatic carbocycles. The number of benzene rings is 1. The lowest BCUT2D eigenvalue weighted by Crippen LogP contribution is -2.04. The maximum Gasteiger partial charge on any atom is 0.348 e. The number of hydrogen-bond acceptors (Lipinski definition) is 4. The van der Waals surface area contributed by atoms with Crippen LogP contribution in [0.15, 0.2) is 45.7 Å². The van der Waals surface area contributed by atoms with Crippen LogP contribution in [0.2, 0.25) is 10.0 Å². The Morgan fingerprint density at radius 1 is 1.16 bits per heavy atom. The fourth-order valence-electron chi connectivity index (χ4n) is 1.72. The summed E-state index contributed by atoms with van der Waals surface area (Å²) in [5.74, 6) is 0.136. The van der Waals surface area contributed by atoms with Crippen molar-refractivity contribution in [1.82, 2.24) is 9.97 Å². The van der Waals surface area contributed by atoms with E-state index in [9.17, 15) is 4.79 Å². The maximum absolute atomic E-state index is 11.9. The van der Waals surface area contributed by atoms with Crippen LogP contribution in [0, 0.1) is 0 Å². The van der Waals surface area contributed by atoms with Crippen molar-refractivity contribution in [2.24, 2.45) is 0 Å². The predicted molar refractivity (Wildman–Crippen MR) is 73.5 cm³/mol. The highest BCUT2D eigenvalue weighted by atomic mass is 35.5. The molecule has 3 aromatic rings. The predicted octanol–water partition coefficient (Wildman–Crippen LogP) is 3.56. The topological polar surface area (TPSA) is 56.0 Å². The number of hydrogen-bond donors (Lipinski definition) is 0. The fraction of sp³-hybridized carbons (Fsp3) is 0. The van der Waals surface area contributed by atoms with Crippen LogP contribution in [0.1, 0.15) is 0 Å². The normalized spacial score (nSPS) is 10.8. The second-order valence-electron chi connectivity index (χ2n) is 3.80. The van der Waals surface area contributed by atoms with Crippen LogP contribution >= 0.6 is 23.2 Å². The van der Waals surface area contributed by atoms with Crippen LogP contribution in [-0.2, 0) is 0 Å². The third-order valence-corrected chi connectivity index (χ3v) is 3.05. The minimum atomic E-state index is -0.563. The molecule has 0 spiro atoms. The van der Waals surface area contributed by atoms with E-state index >= 15 is 0 Å². The van der Waals surface area contributed by atoms with Crippen LogP contribution in [0.5, 0.6) is 0 Å². The maximum atomic E-state index is 11.9. The highest BCUT2D eigenvalue weighted by molar-refractivity contribution is 6.38. The Balaban J connectivity index is 2.34. The number of nitrogens with zero attached hydrogens (tertiary/aromatic N) is 2. The van der Waals surface area contributed by atoms with Crippen LogP contribution in [0.4, 0.5) is 0 Å². The Morgan fingerprint density at radius 3 is 2.74 bits per heavy atom. The number of aromatic nitrogens is 2. The van der Waals surface area contributed by atoms with Gasteiger partial charge in [-0.25, -0.2) is 9.78 Å². The third-order valence-electron chi connectivity index (χ3n) is 2.53. The summed E-state index contributed by atoms with van der Waals surface area (Å²) in [4.78, 5) is 20.3. The summed E-state index contributed by atoms with van der Waals surface area (Å²) in [6.07, 6.45) is 1.59. The Bertz CT molecular complexity index is 816. The largest absolute Gasteiger partial charge is 0.401 e. The molecule has 0 saturated heterocycles. The average Bonchev–Trinajstić information content (AvgIpc) is 2.38. The number of pyridine rings is 1. The van der Waals surface area contributed by atoms with E-state index in [1.807, 2.05) is 0 Å². The first-order valence-electron chi connectivity index (χ1n) is 5.36. The molecule has 3 rings (SSSR count). The first-order valence-corrected chi connectivity index (χ1v) is 6.12. The summed E-state index contributed by atoms with van der Waals surface area (Å²) in [5, 5.41) is 0.838. The van der Waals surface area contributed by atoms with Crippen molar-refractivity contribution < 1.29 is 4.42 Å². The van der Waals surface area contributed by atoms with E-state index in [0.717, 1.165) is 0 Å². The van der Waals surface area contributed by atoms with Gasteiger partial charge in [0.1, 0.15) is 11.1 Å². The van der Waals surface area contributed by atoms with Gasteiger partial charge in [0.2, 0.25) is 5.89 Å². The molecule has 0 fully saturated rings. The molecule has 0 aliphatic heterocycles. The van der Waals surface area contributed by atoms with Crippen molar-refractivity contribution in [3.8, 4) is 11.6 Å². The van der Waals surface area contributed by atoms with Crippen LogP contribution in [-0.4, -0.2) is 9.97 Å². The molecule has 2 heterocycles. The van der Waals surface area contributed by atoms with E-state index in [1.165, 1.54) is 6.07 Å². The molecule has 0 N–H and O–H groups in total. The highest BCUT2D eigenvalue weighted by Crippen LogP contribution is 2.26. The molecule has 6 heteroatoms. The Labute approximate surface area is 117 Å². The van der Waals surface area contributed by atoms with Gasteiger partial charge in [0.05, 0.1) is 10.5 Å². The molecule has 0 atom stereocenters. The van der Waals surface area contributed by atoms with Crippen molar-refractivity contribution >= 4 is 34.1 Å². The first-order chi connectivity index (χ1) is 9.15. The lowest BCUT2D eigenvalue weighted by molar-refractivity contribution is 0.516. The van der Waals surface area contributed by atoms with Crippen molar-refractivity contribution in [2.45, 2.75) is 0 Å². The van der Waals surface area contributed by atoms with E-state index in [1.54, 1.807) is 30.5 Å². The molecule has 0 amide bonds. The Morgan fingerprint density at radius 2 is 2.00 bits per heavy atom. The van der Waals surface area contributed by atoms with Crippen molar-refractivity contribution in [1.29, 1.82) is 0 Å². The second-order valence-corrected chi connectivity index (χ2v) is 4.65. The van der Waals surface area contributed by atoms with E-state index < -0.39 is 5.63 Å². The summed E-state index contributed by atoms with van der Waals surface area (Å²) >= 11 is 11.9. The van der Waals surface area contributed by atoms with Crippen LogP contribution < -0.4 is 5.63 Å². The second kappa shape index (κ2) is 4.64. The van der Waals surface area contributed by atoms with Gasteiger partial charge in [-0.15, -0.1) is 0 Å². The molecular weight excluding hydrogens is 287 g/mol. The summed E-state index contributed by atoms with van der Waals surface area (Å²) in [5.41, 5.74) is 0.291. The summed E-state index contributed by atoms with van der Waals surface area (Å²) in [7, 11) is 0. The minimum Gasteiger partial charge on any atom is -0.401 e. The zero-order valence-electron chi connectivity index (χ0n) is 9.43. The molecule has 0 unspecified atom stereocenters. The van der Waals surface area contributed by atoms with Crippen LogP contribution in [0.25, 0.3) is 22.5 Å². The van der Waals surface area contributed by atoms with E-state index in [2.05, 4.69) is 9.97 Å². The van der Waals surface area contributed by atoms with Crippen molar-refractivity contribution in [2.75, 3.05) is 0 Å². The number of halogens is 2. The van der Waals surface area contributed by atoms with E-state index in [4.69, 9.17) is 27.6 Å². The smallest absolute Gasteiger partial charge is 0.348 e. The van der Waals surface area contributed by atoms with Crippen LogP contribution in [0.3, 0.4) is 0 Å². The first kappa shape index (κ1) is 12.1. The molecule has 19 heavy (non-hydrogen) atoms. The monoisotopic (exact) mass is 292 g/mol. The van der Waals surface area contributed by atoms with Crippen molar-refractivity contribution in [3.63, 3.8) is 0 Å². The van der Waals surface area contributed by atoms with E-state index in [-0.39, 0.29) is 16.3 Å². The van der Waals surface area contributed by atoms with Gasteiger partial charge in [-0.05, 0) is 24.3 Å². The zero-order valence-corrected chi connectivity index (χ0v) is 10.9. The Hall–Kier alpha value is -1.91. The number of fused-ring (bicyclic) bond motifs is 1. The highest BCUT2D eigenvalue weighted by Gasteiger charge is 2.12. The lowest BCUT2D eigenvalue weighted by Gasteiger charge is -2.02. The van der Waals surface area contributed by atoms with Gasteiger partial charge in [0.15, 0.2) is 0 Å². The standard InChI is InChI=1S/C13H6Cl2N2O2/c14-7-5-8(15)11-10(6-7)17-12(19-13(11)18)9-3-1-2-4-16-9/h1-6H. The average molecular weight is 293 g/mol. The molecule has 0 radical (unpaired) electrons. The molecule has 0 bridgehead atoms. The molecule has 4 nitrogen and oxygen atoms in total. The Kier molecular flexibility index (Phi) is 2.97. The summed E-state index contributed by atoms with van der Waals surface area (Å²) in [6.45, 7) is 0. The minimum absolute atomic E-state index is 0.136. The van der Waals surface area contributed by atoms with Gasteiger partial charge >= 0.3 is 5.63 Å².